The molecular weight excluding hydrogens is 270 g/mol. The van der Waals surface area contributed by atoms with E-state index in [1.54, 1.807) is 0 Å². The molecule has 0 aliphatic rings. The fourth-order valence-corrected chi connectivity index (χ4v) is 2.24. The second-order valence-corrected chi connectivity index (χ2v) is 4.79. The van der Waals surface area contributed by atoms with Crippen LogP contribution in [0.2, 0.25) is 0 Å². The van der Waals surface area contributed by atoms with Crippen LogP contribution in [0.1, 0.15) is 28.7 Å². The highest BCUT2D eigenvalue weighted by atomic mass is 16.5. The molecule has 21 heavy (non-hydrogen) atoms. The number of fused-ring (bicyclic) bond motifs is 1. The molecule has 6 heteroatoms. The number of nitrogens with one attached hydrogen (secondary N) is 1. The van der Waals surface area contributed by atoms with Gasteiger partial charge in [-0.1, -0.05) is 23.4 Å². The summed E-state index contributed by atoms with van der Waals surface area (Å²) in [4.78, 5) is 15.8. The summed E-state index contributed by atoms with van der Waals surface area (Å²) >= 11 is 0. The van der Waals surface area contributed by atoms with E-state index in [9.17, 15) is 4.79 Å². The molecular formula is C15H15N3O3. The van der Waals surface area contributed by atoms with Crippen molar-refractivity contribution in [2.45, 2.75) is 20.8 Å². The molecule has 108 valence electrons. The van der Waals surface area contributed by atoms with E-state index in [0.29, 0.717) is 12.3 Å². The van der Waals surface area contributed by atoms with Crippen molar-refractivity contribution in [3.8, 4) is 11.6 Å². The zero-order valence-electron chi connectivity index (χ0n) is 12.1. The summed E-state index contributed by atoms with van der Waals surface area (Å²) in [6.45, 7) is 6.23. The van der Waals surface area contributed by atoms with Crippen molar-refractivity contribution < 1.29 is 13.7 Å². The molecule has 0 fully saturated rings. The van der Waals surface area contributed by atoms with Gasteiger partial charge in [0.15, 0.2) is 5.76 Å². The zero-order valence-corrected chi connectivity index (χ0v) is 12.1. The summed E-state index contributed by atoms with van der Waals surface area (Å²) in [5.74, 6) is 0.354. The molecule has 0 unspecified atom stereocenters. The molecule has 0 aliphatic heterocycles. The van der Waals surface area contributed by atoms with E-state index in [4.69, 9.17) is 8.94 Å². The number of carbonyl (C=O) groups excluding carboxylic acids is 1. The van der Waals surface area contributed by atoms with Gasteiger partial charge in [-0.25, -0.2) is 0 Å². The lowest BCUT2D eigenvalue weighted by Gasteiger charge is -1.93. The first-order valence-corrected chi connectivity index (χ1v) is 6.72. The Kier molecular flexibility index (Phi) is 3.21. The van der Waals surface area contributed by atoms with Crippen LogP contribution in [0.5, 0.6) is 0 Å². The molecule has 3 aromatic rings. The van der Waals surface area contributed by atoms with E-state index in [1.807, 2.05) is 39.0 Å². The zero-order chi connectivity index (χ0) is 15.0. The third-order valence-electron chi connectivity index (χ3n) is 3.32. The van der Waals surface area contributed by atoms with Crippen LogP contribution in [0.15, 0.2) is 27.1 Å². The van der Waals surface area contributed by atoms with Gasteiger partial charge in [-0.05, 0) is 26.3 Å². The molecule has 2 heterocycles. The van der Waals surface area contributed by atoms with Crippen molar-refractivity contribution in [3.63, 3.8) is 0 Å². The molecule has 0 saturated heterocycles. The fourth-order valence-electron chi connectivity index (χ4n) is 2.24. The lowest BCUT2D eigenvalue weighted by atomic mass is 10.1. The maximum absolute atomic E-state index is 11.7. The molecule has 1 amide bonds. The molecule has 1 aromatic carbocycles. The summed E-state index contributed by atoms with van der Waals surface area (Å²) in [6, 6.07) is 5.93. The van der Waals surface area contributed by atoms with Crippen molar-refractivity contribution in [2.75, 3.05) is 6.54 Å². The molecule has 0 bridgehead atoms. The Balaban J connectivity index is 2.07. The van der Waals surface area contributed by atoms with Crippen LogP contribution < -0.4 is 5.32 Å². The van der Waals surface area contributed by atoms with E-state index in [0.717, 1.165) is 22.1 Å². The number of rotatable bonds is 3. The Labute approximate surface area is 121 Å². The van der Waals surface area contributed by atoms with Gasteiger partial charge in [0.05, 0.1) is 0 Å². The van der Waals surface area contributed by atoms with Crippen LogP contribution in [-0.4, -0.2) is 22.6 Å². The molecule has 2 aromatic heterocycles. The van der Waals surface area contributed by atoms with Crippen molar-refractivity contribution in [1.29, 1.82) is 0 Å². The molecule has 3 rings (SSSR count). The largest absolute Gasteiger partial charge is 0.452 e. The number of hydrogen-bond acceptors (Lipinski definition) is 5. The normalized spacial score (nSPS) is 11.0. The minimum Gasteiger partial charge on any atom is -0.452 e. The Bertz CT molecular complexity index is 817. The molecule has 6 nitrogen and oxygen atoms in total. The fraction of sp³-hybridized carbons (Fsp3) is 0.267. The number of amides is 1. The first kappa shape index (κ1) is 13.4. The van der Waals surface area contributed by atoms with Crippen LogP contribution in [0.3, 0.4) is 0 Å². The predicted octanol–water partition coefficient (Wildman–Crippen LogP) is 2.85. The number of hydrogen-bond donors (Lipinski definition) is 1. The Morgan fingerprint density at radius 1 is 1.33 bits per heavy atom. The molecule has 0 atom stereocenters. The van der Waals surface area contributed by atoms with Gasteiger partial charge >= 0.3 is 11.8 Å². The molecule has 0 saturated carbocycles. The Morgan fingerprint density at radius 3 is 2.86 bits per heavy atom. The number of aromatic nitrogens is 2. The van der Waals surface area contributed by atoms with Crippen LogP contribution >= 0.6 is 0 Å². The number of aryl methyl sites for hydroxylation is 2. The maximum Gasteiger partial charge on any atom is 0.316 e. The van der Waals surface area contributed by atoms with Crippen molar-refractivity contribution >= 4 is 16.9 Å². The number of furan rings is 1. The van der Waals surface area contributed by atoms with E-state index >= 15 is 0 Å². The molecule has 0 aliphatic carbocycles. The SMILES string of the molecule is CCNC(=O)c1nc(-c2oc3c(C)cccc3c2C)no1. The lowest BCUT2D eigenvalue weighted by molar-refractivity contribution is 0.0912. The maximum atomic E-state index is 11.7. The van der Waals surface area contributed by atoms with Crippen molar-refractivity contribution in [2.24, 2.45) is 0 Å². The summed E-state index contributed by atoms with van der Waals surface area (Å²) in [7, 11) is 0. The van der Waals surface area contributed by atoms with E-state index < -0.39 is 0 Å². The van der Waals surface area contributed by atoms with Crippen LogP contribution in [0.25, 0.3) is 22.6 Å². The number of nitrogens with zero attached hydrogens (tertiary/aromatic N) is 2. The minimum atomic E-state index is -0.388. The van der Waals surface area contributed by atoms with Crippen LogP contribution in [0.4, 0.5) is 0 Å². The van der Waals surface area contributed by atoms with Crippen LogP contribution in [-0.2, 0) is 0 Å². The monoisotopic (exact) mass is 285 g/mol. The van der Waals surface area contributed by atoms with E-state index in [2.05, 4.69) is 15.5 Å². The molecule has 1 N–H and O–H groups in total. The summed E-state index contributed by atoms with van der Waals surface area (Å²) in [6.07, 6.45) is 0. The quantitative estimate of drug-likeness (QED) is 0.800. The summed E-state index contributed by atoms with van der Waals surface area (Å²) in [5.41, 5.74) is 2.76. The van der Waals surface area contributed by atoms with Gasteiger partial charge in [0.1, 0.15) is 5.58 Å². The number of benzene rings is 1. The smallest absolute Gasteiger partial charge is 0.316 e. The van der Waals surface area contributed by atoms with E-state index in [-0.39, 0.29) is 17.6 Å². The highest BCUT2D eigenvalue weighted by Gasteiger charge is 2.21. The summed E-state index contributed by atoms with van der Waals surface area (Å²) < 4.78 is 10.8. The molecule has 0 radical (unpaired) electrons. The molecule has 0 spiro atoms. The topological polar surface area (TPSA) is 81.2 Å². The van der Waals surface area contributed by atoms with Gasteiger partial charge in [-0.15, -0.1) is 0 Å². The van der Waals surface area contributed by atoms with Gasteiger partial charge in [-0.2, -0.15) is 4.98 Å². The van der Waals surface area contributed by atoms with Gasteiger partial charge in [0, 0.05) is 17.5 Å². The average molecular weight is 285 g/mol. The average Bonchev–Trinajstić information content (AvgIpc) is 3.06. The number of para-hydroxylation sites is 1. The highest BCUT2D eigenvalue weighted by Crippen LogP contribution is 2.32. The Morgan fingerprint density at radius 2 is 2.14 bits per heavy atom. The number of carbonyl (C=O) groups is 1. The Hall–Kier alpha value is -2.63. The van der Waals surface area contributed by atoms with Gasteiger partial charge in [0.25, 0.3) is 0 Å². The summed E-state index contributed by atoms with van der Waals surface area (Å²) in [5, 5.41) is 7.45. The highest BCUT2D eigenvalue weighted by molar-refractivity contribution is 5.91. The lowest BCUT2D eigenvalue weighted by Crippen LogP contribution is -2.22. The second kappa shape index (κ2) is 5.05. The van der Waals surface area contributed by atoms with Crippen molar-refractivity contribution in [3.05, 3.63) is 35.2 Å². The second-order valence-electron chi connectivity index (χ2n) is 4.79. The van der Waals surface area contributed by atoms with E-state index in [1.165, 1.54) is 0 Å². The van der Waals surface area contributed by atoms with Crippen molar-refractivity contribution in [1.82, 2.24) is 15.5 Å². The third-order valence-corrected chi connectivity index (χ3v) is 3.32. The minimum absolute atomic E-state index is 0.0663. The standard InChI is InChI=1S/C15H15N3O3/c1-4-16-14(19)15-17-13(18-21-15)12-9(3)10-7-5-6-8(2)11(10)20-12/h5-7H,4H2,1-3H3,(H,16,19). The predicted molar refractivity (Wildman–Crippen MR) is 77.0 cm³/mol. The first-order chi connectivity index (χ1) is 10.1. The van der Waals surface area contributed by atoms with Gasteiger partial charge in [-0.3, -0.25) is 4.79 Å². The third kappa shape index (κ3) is 2.18. The van der Waals surface area contributed by atoms with Gasteiger partial charge < -0.3 is 14.3 Å². The first-order valence-electron chi connectivity index (χ1n) is 6.72. The van der Waals surface area contributed by atoms with Gasteiger partial charge in [0.2, 0.25) is 5.82 Å². The van der Waals surface area contributed by atoms with Crippen LogP contribution in [0, 0.1) is 13.8 Å².